The number of hydrogen-bond donors (Lipinski definition) is 1. The van der Waals surface area contributed by atoms with Gasteiger partial charge in [0.2, 0.25) is 0 Å². The van der Waals surface area contributed by atoms with Gasteiger partial charge in [0.05, 0.1) is 0 Å². The van der Waals surface area contributed by atoms with Gasteiger partial charge in [-0.2, -0.15) is 0 Å². The fourth-order valence-electron chi connectivity index (χ4n) is 1.66. The lowest BCUT2D eigenvalue weighted by Crippen LogP contribution is -2.39. The molecule has 2 rings (SSSR count). The van der Waals surface area contributed by atoms with Gasteiger partial charge in [0, 0.05) is 31.4 Å². The van der Waals surface area contributed by atoms with Gasteiger partial charge in [-0.15, -0.1) is 24.8 Å². The van der Waals surface area contributed by atoms with Crippen molar-refractivity contribution in [3.05, 3.63) is 29.7 Å². The van der Waals surface area contributed by atoms with Gasteiger partial charge >= 0.3 is 0 Å². The summed E-state index contributed by atoms with van der Waals surface area (Å²) in [6.07, 6.45) is 0. The maximum absolute atomic E-state index is 12.1. The molecular formula is C13H19Cl2N3O2. The van der Waals surface area contributed by atoms with Crippen LogP contribution in [-0.2, 0) is 0 Å². The van der Waals surface area contributed by atoms with Crippen LogP contribution in [0.25, 0.3) is 11.1 Å². The zero-order valence-electron chi connectivity index (χ0n) is 11.6. The second kappa shape index (κ2) is 7.47. The fourth-order valence-corrected chi connectivity index (χ4v) is 1.66. The van der Waals surface area contributed by atoms with E-state index < -0.39 is 0 Å². The van der Waals surface area contributed by atoms with Crippen molar-refractivity contribution in [1.29, 1.82) is 0 Å². The number of hydrogen-bond acceptors (Lipinski definition) is 4. The number of nitrogens with two attached hydrogens (primary N) is 1. The molecule has 2 heterocycles. The van der Waals surface area contributed by atoms with Crippen LogP contribution in [0.5, 0.6) is 0 Å². The topological polar surface area (TPSA) is 72.4 Å². The van der Waals surface area contributed by atoms with Crippen LogP contribution >= 0.6 is 24.8 Å². The highest BCUT2D eigenvalue weighted by molar-refractivity contribution is 5.95. The number of amides is 1. The molecule has 2 aromatic heterocycles. The molecule has 0 bridgehead atoms. The van der Waals surface area contributed by atoms with Gasteiger partial charge < -0.3 is 15.1 Å². The van der Waals surface area contributed by atoms with Crippen LogP contribution in [0.15, 0.2) is 22.6 Å². The highest BCUT2D eigenvalue weighted by atomic mass is 35.5. The molecule has 1 unspecified atom stereocenters. The Bertz CT molecular complexity index is 586. The molecule has 20 heavy (non-hydrogen) atoms. The van der Waals surface area contributed by atoms with E-state index in [1.165, 1.54) is 0 Å². The number of carbonyl (C=O) groups excluding carboxylic acids is 1. The van der Waals surface area contributed by atoms with Gasteiger partial charge in [0.15, 0.2) is 11.3 Å². The smallest absolute Gasteiger partial charge is 0.289 e. The highest BCUT2D eigenvalue weighted by Gasteiger charge is 2.20. The lowest BCUT2D eigenvalue weighted by molar-refractivity contribution is 0.0718. The first kappa shape index (κ1) is 18.7. The summed E-state index contributed by atoms with van der Waals surface area (Å²) in [5.74, 6) is 0.120. The summed E-state index contributed by atoms with van der Waals surface area (Å²) in [4.78, 5) is 18.0. The van der Waals surface area contributed by atoms with E-state index in [4.69, 9.17) is 10.2 Å². The zero-order valence-corrected chi connectivity index (χ0v) is 13.3. The van der Waals surface area contributed by atoms with Crippen LogP contribution in [0.2, 0.25) is 0 Å². The molecule has 1 atom stereocenters. The minimum absolute atomic E-state index is 0. The van der Waals surface area contributed by atoms with E-state index in [0.717, 1.165) is 5.69 Å². The van der Waals surface area contributed by atoms with E-state index in [1.807, 2.05) is 26.0 Å². The van der Waals surface area contributed by atoms with Crippen molar-refractivity contribution in [3.63, 3.8) is 0 Å². The van der Waals surface area contributed by atoms with Gasteiger partial charge in [0.25, 0.3) is 5.91 Å². The number of pyridine rings is 1. The Labute approximate surface area is 130 Å². The van der Waals surface area contributed by atoms with Gasteiger partial charge in [-0.3, -0.25) is 4.79 Å². The van der Waals surface area contributed by atoms with Crippen LogP contribution in [-0.4, -0.2) is 35.4 Å². The molecule has 5 nitrogen and oxygen atoms in total. The predicted molar refractivity (Wildman–Crippen MR) is 83.9 cm³/mol. The maximum Gasteiger partial charge on any atom is 0.289 e. The van der Waals surface area contributed by atoms with E-state index in [1.54, 1.807) is 18.0 Å². The summed E-state index contributed by atoms with van der Waals surface area (Å²) in [7, 11) is 1.71. The standard InChI is InChI=1S/C13H17N3O2.2ClH/c1-8-4-5-11-10(15-8)6-12(18-11)13(17)16(3)9(2)7-14;;/h4-6,9H,7,14H2,1-3H3;2*1H. The Morgan fingerprint density at radius 3 is 2.70 bits per heavy atom. The summed E-state index contributed by atoms with van der Waals surface area (Å²) in [6, 6.07) is 5.32. The molecular weight excluding hydrogens is 301 g/mol. The van der Waals surface area contributed by atoms with Crippen molar-refractivity contribution in [2.75, 3.05) is 13.6 Å². The number of rotatable bonds is 3. The van der Waals surface area contributed by atoms with E-state index in [0.29, 0.717) is 23.4 Å². The average Bonchev–Trinajstić information content (AvgIpc) is 2.78. The SMILES string of the molecule is Cc1ccc2oc(C(=O)N(C)C(C)CN)cc2n1.Cl.Cl. The molecule has 0 saturated heterocycles. The number of halogens is 2. The number of carbonyl (C=O) groups is 1. The number of aryl methyl sites for hydroxylation is 1. The molecule has 0 aliphatic heterocycles. The van der Waals surface area contributed by atoms with Gasteiger partial charge in [-0.25, -0.2) is 4.98 Å². The summed E-state index contributed by atoms with van der Waals surface area (Å²) in [6.45, 7) is 4.21. The fraction of sp³-hybridized carbons (Fsp3) is 0.385. The van der Waals surface area contributed by atoms with Crippen molar-refractivity contribution >= 4 is 41.8 Å². The van der Waals surface area contributed by atoms with Crippen molar-refractivity contribution in [1.82, 2.24) is 9.88 Å². The average molecular weight is 320 g/mol. The Kier molecular flexibility index (Phi) is 6.99. The Morgan fingerprint density at radius 2 is 2.10 bits per heavy atom. The molecule has 2 N–H and O–H groups in total. The molecule has 2 aromatic rings. The molecule has 1 amide bonds. The third-order valence-electron chi connectivity index (χ3n) is 3.05. The molecule has 0 fully saturated rings. The van der Waals surface area contributed by atoms with Crippen LogP contribution in [0.4, 0.5) is 0 Å². The molecule has 112 valence electrons. The third-order valence-corrected chi connectivity index (χ3v) is 3.05. The van der Waals surface area contributed by atoms with E-state index in [-0.39, 0.29) is 36.8 Å². The zero-order chi connectivity index (χ0) is 13.3. The minimum Gasteiger partial charge on any atom is -0.449 e. The van der Waals surface area contributed by atoms with E-state index >= 15 is 0 Å². The van der Waals surface area contributed by atoms with Crippen molar-refractivity contribution in [2.24, 2.45) is 5.73 Å². The largest absolute Gasteiger partial charge is 0.449 e. The summed E-state index contributed by atoms with van der Waals surface area (Å²) in [5.41, 5.74) is 7.77. The number of likely N-dealkylation sites (N-methyl/N-ethyl adjacent to an activating group) is 1. The number of fused-ring (bicyclic) bond motifs is 1. The molecule has 0 aromatic carbocycles. The Hall–Kier alpha value is -1.30. The summed E-state index contributed by atoms with van der Waals surface area (Å²) < 4.78 is 5.51. The quantitative estimate of drug-likeness (QED) is 0.942. The number of nitrogens with zero attached hydrogens (tertiary/aromatic N) is 2. The lowest BCUT2D eigenvalue weighted by atomic mass is 10.2. The van der Waals surface area contributed by atoms with Gasteiger partial charge in [0.1, 0.15) is 5.52 Å². The first-order valence-electron chi connectivity index (χ1n) is 5.87. The van der Waals surface area contributed by atoms with Gasteiger partial charge in [-0.05, 0) is 26.0 Å². The van der Waals surface area contributed by atoms with Crippen LogP contribution in [0.1, 0.15) is 23.2 Å². The van der Waals surface area contributed by atoms with Crippen LogP contribution in [0.3, 0.4) is 0 Å². The number of aromatic nitrogens is 1. The highest BCUT2D eigenvalue weighted by Crippen LogP contribution is 2.19. The molecule has 0 saturated carbocycles. The van der Waals surface area contributed by atoms with Crippen molar-refractivity contribution in [2.45, 2.75) is 19.9 Å². The normalized spacial score (nSPS) is 11.4. The molecule has 0 aliphatic rings. The van der Waals surface area contributed by atoms with Gasteiger partial charge in [-0.1, -0.05) is 0 Å². The van der Waals surface area contributed by atoms with E-state index in [2.05, 4.69) is 4.98 Å². The number of furan rings is 1. The van der Waals surface area contributed by atoms with Crippen molar-refractivity contribution in [3.8, 4) is 0 Å². The van der Waals surface area contributed by atoms with Crippen molar-refractivity contribution < 1.29 is 9.21 Å². The second-order valence-electron chi connectivity index (χ2n) is 4.45. The first-order valence-corrected chi connectivity index (χ1v) is 5.87. The molecule has 0 aliphatic carbocycles. The van der Waals surface area contributed by atoms with E-state index in [9.17, 15) is 4.79 Å². The van der Waals surface area contributed by atoms with Crippen LogP contribution in [0, 0.1) is 6.92 Å². The Morgan fingerprint density at radius 1 is 1.45 bits per heavy atom. The minimum atomic E-state index is -0.177. The Balaban J connectivity index is 0.00000180. The summed E-state index contributed by atoms with van der Waals surface area (Å²) >= 11 is 0. The summed E-state index contributed by atoms with van der Waals surface area (Å²) in [5, 5.41) is 0. The predicted octanol–water partition coefficient (Wildman–Crippen LogP) is 2.40. The monoisotopic (exact) mass is 319 g/mol. The maximum atomic E-state index is 12.1. The first-order chi connectivity index (χ1) is 8.52. The lowest BCUT2D eigenvalue weighted by Gasteiger charge is -2.22. The second-order valence-corrected chi connectivity index (χ2v) is 4.45. The third kappa shape index (κ3) is 3.62. The molecule has 7 heteroatoms. The molecule has 0 radical (unpaired) electrons. The van der Waals surface area contributed by atoms with Crippen LogP contribution < -0.4 is 5.73 Å². The molecule has 0 spiro atoms.